The van der Waals surface area contributed by atoms with E-state index in [1.54, 1.807) is 0 Å². The van der Waals surface area contributed by atoms with Gasteiger partial charge in [0, 0.05) is 12.1 Å². The lowest BCUT2D eigenvalue weighted by Gasteiger charge is -2.11. The Balaban J connectivity index is 2.57. The second-order valence-corrected chi connectivity index (χ2v) is 5.19. The molecule has 0 amide bonds. The molecule has 120 valence electrons. The van der Waals surface area contributed by atoms with Gasteiger partial charge in [-0.25, -0.2) is 4.98 Å². The monoisotopic (exact) mass is 324 g/mol. The fourth-order valence-corrected chi connectivity index (χ4v) is 2.72. The summed E-state index contributed by atoms with van der Waals surface area (Å²) >= 11 is 1.47. The van der Waals surface area contributed by atoms with Gasteiger partial charge in [-0.05, 0) is 20.1 Å². The summed E-state index contributed by atoms with van der Waals surface area (Å²) in [5, 5.41) is 0.747. The number of hydrogen-bond donors (Lipinski definition) is 0. The number of thioether (sulfide) groups is 1. The van der Waals surface area contributed by atoms with Crippen molar-refractivity contribution in [1.29, 1.82) is 0 Å². The van der Waals surface area contributed by atoms with Crippen LogP contribution >= 0.6 is 11.8 Å². The molecule has 0 aliphatic rings. The number of benzene rings is 1. The van der Waals surface area contributed by atoms with Crippen LogP contribution in [0.5, 0.6) is 11.5 Å². The van der Waals surface area contributed by atoms with E-state index < -0.39 is 0 Å². The standard InChI is InChI=1S/C15H20N2O4S/c1-5-20-12-7-10-11(8-13(12)21-6-2)17(9-14(18)19-3)15(16-10)22-4/h7-8H,5-6,9H2,1-4H3. The van der Waals surface area contributed by atoms with Gasteiger partial charge in [-0.15, -0.1) is 0 Å². The van der Waals surface area contributed by atoms with Gasteiger partial charge in [-0.1, -0.05) is 11.8 Å². The van der Waals surface area contributed by atoms with Gasteiger partial charge in [-0.2, -0.15) is 0 Å². The van der Waals surface area contributed by atoms with Crippen LogP contribution in [-0.4, -0.2) is 42.1 Å². The van der Waals surface area contributed by atoms with Gasteiger partial charge in [0.15, 0.2) is 16.7 Å². The second-order valence-electron chi connectivity index (χ2n) is 4.41. The highest BCUT2D eigenvalue weighted by Gasteiger charge is 2.17. The van der Waals surface area contributed by atoms with Crippen LogP contribution in [0.1, 0.15) is 13.8 Å². The Morgan fingerprint density at radius 1 is 1.23 bits per heavy atom. The summed E-state index contributed by atoms with van der Waals surface area (Å²) in [6.45, 7) is 5.03. The topological polar surface area (TPSA) is 62.6 Å². The maximum atomic E-state index is 11.6. The summed E-state index contributed by atoms with van der Waals surface area (Å²) in [6.07, 6.45) is 1.92. The molecule has 0 unspecified atom stereocenters. The number of hydrogen-bond acceptors (Lipinski definition) is 6. The van der Waals surface area contributed by atoms with Crippen LogP contribution < -0.4 is 9.47 Å². The SMILES string of the molecule is CCOc1cc2nc(SC)n(CC(=O)OC)c2cc1OCC. The van der Waals surface area contributed by atoms with Crippen LogP contribution in [-0.2, 0) is 16.1 Å². The van der Waals surface area contributed by atoms with Crippen LogP contribution in [0.2, 0.25) is 0 Å². The van der Waals surface area contributed by atoms with Crippen LogP contribution in [0.25, 0.3) is 11.0 Å². The number of fused-ring (bicyclic) bond motifs is 1. The first-order valence-corrected chi connectivity index (χ1v) is 8.27. The van der Waals surface area contributed by atoms with Crippen molar-refractivity contribution in [2.24, 2.45) is 0 Å². The van der Waals surface area contributed by atoms with E-state index in [9.17, 15) is 4.79 Å². The number of rotatable bonds is 7. The van der Waals surface area contributed by atoms with Gasteiger partial charge in [0.25, 0.3) is 0 Å². The highest BCUT2D eigenvalue weighted by Crippen LogP contribution is 2.34. The van der Waals surface area contributed by atoms with E-state index in [0.717, 1.165) is 16.2 Å². The van der Waals surface area contributed by atoms with Crippen molar-refractivity contribution in [2.45, 2.75) is 25.5 Å². The second kappa shape index (κ2) is 7.40. The average molecular weight is 324 g/mol. The quantitative estimate of drug-likeness (QED) is 0.576. The number of ether oxygens (including phenoxy) is 3. The zero-order chi connectivity index (χ0) is 16.1. The van der Waals surface area contributed by atoms with E-state index in [2.05, 4.69) is 4.98 Å². The average Bonchev–Trinajstić information content (AvgIpc) is 2.85. The van der Waals surface area contributed by atoms with E-state index in [-0.39, 0.29) is 12.5 Å². The van der Waals surface area contributed by atoms with Crippen molar-refractivity contribution in [3.05, 3.63) is 12.1 Å². The first-order chi connectivity index (χ1) is 10.6. The smallest absolute Gasteiger partial charge is 0.325 e. The molecule has 1 heterocycles. The zero-order valence-corrected chi connectivity index (χ0v) is 14.0. The van der Waals surface area contributed by atoms with Crippen LogP contribution in [0.15, 0.2) is 17.3 Å². The molecule has 1 aromatic heterocycles. The molecule has 0 saturated heterocycles. The molecule has 0 spiro atoms. The van der Waals surface area contributed by atoms with Crippen LogP contribution in [0.3, 0.4) is 0 Å². The maximum absolute atomic E-state index is 11.6. The van der Waals surface area contributed by atoms with Gasteiger partial charge >= 0.3 is 5.97 Å². The molecule has 6 nitrogen and oxygen atoms in total. The van der Waals surface area contributed by atoms with Gasteiger partial charge in [-0.3, -0.25) is 4.79 Å². The van der Waals surface area contributed by atoms with Crippen molar-refractivity contribution in [3.8, 4) is 11.5 Å². The fourth-order valence-electron chi connectivity index (χ4n) is 2.15. The molecule has 0 aliphatic heterocycles. The van der Waals surface area contributed by atoms with Gasteiger partial charge in [0.05, 0.1) is 31.4 Å². The highest BCUT2D eigenvalue weighted by molar-refractivity contribution is 7.98. The number of nitrogens with zero attached hydrogens (tertiary/aromatic N) is 2. The minimum absolute atomic E-state index is 0.114. The van der Waals surface area contributed by atoms with E-state index in [1.165, 1.54) is 18.9 Å². The largest absolute Gasteiger partial charge is 0.490 e. The van der Waals surface area contributed by atoms with Crippen molar-refractivity contribution in [2.75, 3.05) is 26.6 Å². The molecule has 1 aromatic carbocycles. The van der Waals surface area contributed by atoms with Gasteiger partial charge in [0.1, 0.15) is 6.54 Å². The summed E-state index contributed by atoms with van der Waals surface area (Å²) in [5.74, 6) is 0.990. The van der Waals surface area contributed by atoms with Crippen LogP contribution in [0.4, 0.5) is 0 Å². The van der Waals surface area contributed by atoms with Crippen LogP contribution in [0, 0.1) is 0 Å². The van der Waals surface area contributed by atoms with E-state index in [4.69, 9.17) is 14.2 Å². The molecular weight excluding hydrogens is 304 g/mol. The maximum Gasteiger partial charge on any atom is 0.325 e. The Morgan fingerprint density at radius 2 is 1.86 bits per heavy atom. The third kappa shape index (κ3) is 3.30. The van der Waals surface area contributed by atoms with E-state index in [1.807, 2.05) is 36.8 Å². The molecule has 2 aromatic rings. The molecule has 0 saturated carbocycles. The minimum atomic E-state index is -0.318. The first kappa shape index (κ1) is 16.5. The summed E-state index contributed by atoms with van der Waals surface area (Å²) in [7, 11) is 1.37. The number of carbonyl (C=O) groups excluding carboxylic acids is 1. The van der Waals surface area contributed by atoms with Crippen molar-refractivity contribution in [3.63, 3.8) is 0 Å². The summed E-state index contributed by atoms with van der Waals surface area (Å²) in [5.41, 5.74) is 1.59. The Hall–Kier alpha value is -1.89. The number of esters is 1. The molecule has 0 aliphatic carbocycles. The fraction of sp³-hybridized carbons (Fsp3) is 0.467. The van der Waals surface area contributed by atoms with Gasteiger partial charge < -0.3 is 18.8 Å². The lowest BCUT2D eigenvalue weighted by atomic mass is 10.2. The molecule has 22 heavy (non-hydrogen) atoms. The van der Waals surface area contributed by atoms with Crippen molar-refractivity contribution < 1.29 is 19.0 Å². The number of aromatic nitrogens is 2. The number of carbonyl (C=O) groups is 1. The lowest BCUT2D eigenvalue weighted by Crippen LogP contribution is -2.12. The predicted molar refractivity (Wildman–Crippen MR) is 85.9 cm³/mol. The lowest BCUT2D eigenvalue weighted by molar-refractivity contribution is -0.141. The number of methoxy groups -OCH3 is 1. The van der Waals surface area contributed by atoms with E-state index >= 15 is 0 Å². The molecule has 0 radical (unpaired) electrons. The zero-order valence-electron chi connectivity index (χ0n) is 13.2. The summed E-state index contributed by atoms with van der Waals surface area (Å²) < 4.78 is 17.8. The molecule has 7 heteroatoms. The highest BCUT2D eigenvalue weighted by atomic mass is 32.2. The Kier molecular flexibility index (Phi) is 5.54. The normalized spacial score (nSPS) is 10.7. The molecule has 0 bridgehead atoms. The summed E-state index contributed by atoms with van der Waals surface area (Å²) in [6, 6.07) is 3.71. The van der Waals surface area contributed by atoms with E-state index in [0.29, 0.717) is 24.7 Å². The number of imidazole rings is 1. The van der Waals surface area contributed by atoms with Crippen molar-refractivity contribution in [1.82, 2.24) is 9.55 Å². The minimum Gasteiger partial charge on any atom is -0.490 e. The molecular formula is C15H20N2O4S. The van der Waals surface area contributed by atoms with Crippen molar-refractivity contribution >= 4 is 28.8 Å². The molecule has 2 rings (SSSR count). The Labute approximate surface area is 133 Å². The molecule has 0 atom stereocenters. The first-order valence-electron chi connectivity index (χ1n) is 7.05. The predicted octanol–water partition coefficient (Wildman–Crippen LogP) is 2.73. The Morgan fingerprint density at radius 3 is 2.41 bits per heavy atom. The van der Waals surface area contributed by atoms with Gasteiger partial charge in [0.2, 0.25) is 0 Å². The summed E-state index contributed by atoms with van der Waals surface area (Å²) in [4.78, 5) is 16.2. The molecule has 0 fully saturated rings. The third-order valence-electron chi connectivity index (χ3n) is 3.08. The third-order valence-corrected chi connectivity index (χ3v) is 3.75. The Bertz CT molecular complexity index is 669. The molecule has 0 N–H and O–H groups in total.